The van der Waals surface area contributed by atoms with Gasteiger partial charge in [-0.05, 0) is 55.2 Å². The van der Waals surface area contributed by atoms with Gasteiger partial charge in [-0.25, -0.2) is 4.39 Å². The van der Waals surface area contributed by atoms with Crippen molar-refractivity contribution in [2.24, 2.45) is 4.99 Å². The largest absolute Gasteiger partial charge is 0.361 e. The Morgan fingerprint density at radius 2 is 2.11 bits per heavy atom. The molecule has 0 saturated heterocycles. The summed E-state index contributed by atoms with van der Waals surface area (Å²) in [5.74, 6) is 0.582. The molecule has 0 radical (unpaired) electrons. The summed E-state index contributed by atoms with van der Waals surface area (Å²) in [6.45, 7) is 4.31. The highest BCUT2D eigenvalue weighted by molar-refractivity contribution is 14.0. The van der Waals surface area contributed by atoms with E-state index in [4.69, 9.17) is 0 Å². The number of nitrogens with one attached hydrogen (secondary N) is 3. The molecule has 1 aromatic carbocycles. The van der Waals surface area contributed by atoms with Gasteiger partial charge in [-0.3, -0.25) is 9.98 Å². The normalized spacial score (nSPS) is 11.3. The van der Waals surface area contributed by atoms with Crippen LogP contribution in [0.4, 0.5) is 4.39 Å². The van der Waals surface area contributed by atoms with Gasteiger partial charge >= 0.3 is 0 Å². The molecule has 0 aliphatic carbocycles. The first-order chi connectivity index (χ1) is 12.8. The van der Waals surface area contributed by atoms with Gasteiger partial charge in [0.2, 0.25) is 0 Å². The smallest absolute Gasteiger partial charge is 0.191 e. The molecule has 5 nitrogen and oxygen atoms in total. The Balaban J connectivity index is 0.00000261. The van der Waals surface area contributed by atoms with Crippen LogP contribution in [0.3, 0.4) is 0 Å². The second kappa shape index (κ2) is 10.9. The number of aliphatic imine (C=N–C) groups is 1. The third-order valence-corrected chi connectivity index (χ3v) is 4.15. The highest BCUT2D eigenvalue weighted by atomic mass is 127. The monoisotopic (exact) mass is 481 g/mol. The van der Waals surface area contributed by atoms with Crippen LogP contribution in [-0.4, -0.2) is 35.6 Å². The summed E-state index contributed by atoms with van der Waals surface area (Å²) >= 11 is 0. The summed E-state index contributed by atoms with van der Waals surface area (Å²) in [5, 5.41) is 7.66. The molecule has 0 unspecified atom stereocenters. The molecule has 0 atom stereocenters. The van der Waals surface area contributed by atoms with E-state index < -0.39 is 0 Å². The molecule has 0 amide bonds. The van der Waals surface area contributed by atoms with Gasteiger partial charge in [0.05, 0.1) is 0 Å². The minimum Gasteiger partial charge on any atom is -0.361 e. The number of benzene rings is 1. The number of hydrogen-bond acceptors (Lipinski definition) is 2. The fourth-order valence-electron chi connectivity index (χ4n) is 2.87. The number of guanidine groups is 1. The van der Waals surface area contributed by atoms with E-state index in [2.05, 4.69) is 31.7 Å². The zero-order valence-electron chi connectivity index (χ0n) is 15.3. The summed E-state index contributed by atoms with van der Waals surface area (Å²) in [5.41, 5.74) is 3.17. The van der Waals surface area contributed by atoms with Crippen LogP contribution < -0.4 is 10.6 Å². The lowest BCUT2D eigenvalue weighted by atomic mass is 10.1. The minimum absolute atomic E-state index is 0. The van der Waals surface area contributed by atoms with Crippen molar-refractivity contribution in [2.45, 2.75) is 19.8 Å². The second-order valence-corrected chi connectivity index (χ2v) is 6.05. The van der Waals surface area contributed by atoms with Crippen molar-refractivity contribution in [3.8, 4) is 0 Å². The van der Waals surface area contributed by atoms with Gasteiger partial charge in [-0.1, -0.05) is 6.07 Å². The van der Waals surface area contributed by atoms with E-state index in [0.29, 0.717) is 6.54 Å². The van der Waals surface area contributed by atoms with E-state index in [1.54, 1.807) is 6.20 Å². The number of aromatic amines is 1. The average Bonchev–Trinajstić information content (AvgIpc) is 3.04. The lowest BCUT2D eigenvalue weighted by Crippen LogP contribution is -2.38. The third-order valence-electron chi connectivity index (χ3n) is 4.15. The SMILES string of the molecule is CCNC(=NCCc1c[nH]c2cc(F)ccc12)NCCc1cccnc1.I. The van der Waals surface area contributed by atoms with E-state index in [-0.39, 0.29) is 29.8 Å². The van der Waals surface area contributed by atoms with Gasteiger partial charge in [0.15, 0.2) is 5.96 Å². The number of hydrogen-bond donors (Lipinski definition) is 3. The summed E-state index contributed by atoms with van der Waals surface area (Å²) in [4.78, 5) is 11.9. The Bertz CT molecular complexity index is 863. The van der Waals surface area contributed by atoms with Crippen LogP contribution in [0.1, 0.15) is 18.1 Å². The maximum atomic E-state index is 13.3. The van der Waals surface area contributed by atoms with Crippen LogP contribution in [-0.2, 0) is 12.8 Å². The number of nitrogens with zero attached hydrogens (tertiary/aromatic N) is 2. The van der Waals surface area contributed by atoms with Crippen LogP contribution in [0.25, 0.3) is 10.9 Å². The van der Waals surface area contributed by atoms with Gasteiger partial charge < -0.3 is 15.6 Å². The predicted octanol–water partition coefficient (Wildman–Crippen LogP) is 3.66. The number of rotatable bonds is 7. The average molecular weight is 481 g/mol. The molecule has 0 bridgehead atoms. The zero-order valence-corrected chi connectivity index (χ0v) is 17.7. The Morgan fingerprint density at radius 3 is 2.89 bits per heavy atom. The Morgan fingerprint density at radius 1 is 1.22 bits per heavy atom. The zero-order chi connectivity index (χ0) is 18.2. The third kappa shape index (κ3) is 6.20. The summed E-state index contributed by atoms with van der Waals surface area (Å²) in [7, 11) is 0. The van der Waals surface area contributed by atoms with Crippen LogP contribution >= 0.6 is 24.0 Å². The van der Waals surface area contributed by atoms with Gasteiger partial charge in [0.25, 0.3) is 0 Å². The minimum atomic E-state index is -0.226. The quantitative estimate of drug-likeness (QED) is 0.274. The Hall–Kier alpha value is -2.16. The molecule has 3 rings (SSSR count). The summed E-state index contributed by atoms with van der Waals surface area (Å²) in [6.07, 6.45) is 7.28. The number of H-pyrrole nitrogens is 1. The summed E-state index contributed by atoms with van der Waals surface area (Å²) < 4.78 is 13.3. The van der Waals surface area contributed by atoms with Crippen molar-refractivity contribution in [2.75, 3.05) is 19.6 Å². The number of fused-ring (bicyclic) bond motifs is 1. The maximum Gasteiger partial charge on any atom is 0.191 e. The van der Waals surface area contributed by atoms with Crippen LogP contribution in [0.15, 0.2) is 53.9 Å². The standard InChI is InChI=1S/C20H24FN5.HI/c1-2-23-20(24-10-7-15-4-3-9-22-13-15)25-11-8-16-14-26-19-12-17(21)5-6-18(16)19;/h3-6,9,12-14,26H,2,7-8,10-11H2,1H3,(H2,23,24,25);1H. The molecule has 0 aliphatic rings. The van der Waals surface area contributed by atoms with Gasteiger partial charge in [-0.2, -0.15) is 0 Å². The molecule has 0 aliphatic heterocycles. The summed E-state index contributed by atoms with van der Waals surface area (Å²) in [6, 6.07) is 8.84. The predicted molar refractivity (Wildman–Crippen MR) is 119 cm³/mol. The van der Waals surface area contributed by atoms with E-state index in [1.807, 2.05) is 31.5 Å². The fourth-order valence-corrected chi connectivity index (χ4v) is 2.87. The van der Waals surface area contributed by atoms with E-state index >= 15 is 0 Å². The van der Waals surface area contributed by atoms with Crippen molar-refractivity contribution in [1.29, 1.82) is 0 Å². The van der Waals surface area contributed by atoms with Gasteiger partial charge in [0.1, 0.15) is 5.82 Å². The van der Waals surface area contributed by atoms with E-state index in [9.17, 15) is 4.39 Å². The lowest BCUT2D eigenvalue weighted by Gasteiger charge is -2.11. The molecular weight excluding hydrogens is 456 g/mol. The van der Waals surface area contributed by atoms with E-state index in [0.717, 1.165) is 48.4 Å². The van der Waals surface area contributed by atoms with Crippen molar-refractivity contribution in [1.82, 2.24) is 20.6 Å². The molecule has 2 heterocycles. The molecule has 144 valence electrons. The van der Waals surface area contributed by atoms with Crippen molar-refractivity contribution in [3.63, 3.8) is 0 Å². The molecule has 2 aromatic heterocycles. The topological polar surface area (TPSA) is 65.1 Å². The van der Waals surface area contributed by atoms with Crippen LogP contribution in [0.5, 0.6) is 0 Å². The Labute approximate surface area is 175 Å². The van der Waals surface area contributed by atoms with Crippen molar-refractivity contribution in [3.05, 3.63) is 65.9 Å². The first-order valence-corrected chi connectivity index (χ1v) is 8.93. The highest BCUT2D eigenvalue weighted by Crippen LogP contribution is 2.19. The number of aromatic nitrogens is 2. The molecule has 0 spiro atoms. The van der Waals surface area contributed by atoms with Gasteiger partial charge in [0, 0.05) is 49.1 Å². The Kier molecular flexibility index (Phi) is 8.50. The number of halogens is 2. The molecule has 3 N–H and O–H groups in total. The lowest BCUT2D eigenvalue weighted by molar-refractivity contribution is 0.629. The van der Waals surface area contributed by atoms with E-state index in [1.165, 1.54) is 17.7 Å². The molecule has 0 saturated carbocycles. The molecular formula is C20H25FIN5. The van der Waals surface area contributed by atoms with Gasteiger partial charge in [-0.15, -0.1) is 24.0 Å². The first kappa shape index (κ1) is 21.1. The second-order valence-electron chi connectivity index (χ2n) is 6.05. The molecule has 27 heavy (non-hydrogen) atoms. The first-order valence-electron chi connectivity index (χ1n) is 8.93. The molecule has 0 fully saturated rings. The fraction of sp³-hybridized carbons (Fsp3) is 0.300. The van der Waals surface area contributed by atoms with Crippen molar-refractivity contribution >= 4 is 40.8 Å². The van der Waals surface area contributed by atoms with Crippen LogP contribution in [0, 0.1) is 5.82 Å². The maximum absolute atomic E-state index is 13.3. The molecule has 7 heteroatoms. The van der Waals surface area contributed by atoms with Crippen LogP contribution in [0.2, 0.25) is 0 Å². The highest BCUT2D eigenvalue weighted by Gasteiger charge is 2.05. The number of pyridine rings is 1. The van der Waals surface area contributed by atoms with Crippen molar-refractivity contribution < 1.29 is 4.39 Å². The molecule has 3 aromatic rings.